The monoisotopic (exact) mass is 616 g/mol. The number of rotatable bonds is 4. The first-order chi connectivity index (χ1) is 4.71. The molecule has 72 valence electrons. The molecule has 0 aromatic rings. The van der Waals surface area contributed by atoms with E-state index in [1.165, 1.54) is 6.42 Å². The SMILES string of the molecule is C[Te](C)(I)CCC[Te](C)(C)I. The van der Waals surface area contributed by atoms with Crippen LogP contribution in [0.25, 0.3) is 0 Å². The molecule has 0 aliphatic rings. The van der Waals surface area contributed by atoms with E-state index in [0.717, 1.165) is 0 Å². The molecule has 0 unspecified atom stereocenters. The predicted molar refractivity (Wildman–Crippen MR) is 77.2 cm³/mol. The molecule has 0 N–H and O–H groups in total. The summed E-state index contributed by atoms with van der Waals surface area (Å²) in [5, 5.41) is 0. The third-order valence-corrected chi connectivity index (χ3v) is 14.4. The fraction of sp³-hybridized carbons (Fsp3) is 1.00. The summed E-state index contributed by atoms with van der Waals surface area (Å²) in [7, 11) is 0. The van der Waals surface area contributed by atoms with Crippen LogP contribution < -0.4 is 0 Å². The van der Waals surface area contributed by atoms with Crippen molar-refractivity contribution >= 4 is 65.9 Å². The first-order valence-electron chi connectivity index (χ1n) is 3.52. The summed E-state index contributed by atoms with van der Waals surface area (Å²) in [5.74, 6) is 0. The molecule has 0 saturated heterocycles. The van der Waals surface area contributed by atoms with Gasteiger partial charge in [0.1, 0.15) is 0 Å². The molecular weight excluding hydrogens is 593 g/mol. The Balaban J connectivity index is 3.44. The molecule has 0 atom stereocenters. The zero-order valence-corrected chi connectivity index (χ0v) is 16.7. The number of hydrogen-bond donors (Lipinski definition) is 0. The van der Waals surface area contributed by atoms with Crippen molar-refractivity contribution in [2.24, 2.45) is 0 Å². The maximum absolute atomic E-state index is 2.74. The Morgan fingerprint density at radius 3 is 1.27 bits per heavy atom. The topological polar surface area (TPSA) is 0 Å². The normalized spacial score (nSPS) is 16.5. The van der Waals surface area contributed by atoms with Gasteiger partial charge < -0.3 is 0 Å². The Morgan fingerprint density at radius 2 is 1.09 bits per heavy atom. The van der Waals surface area contributed by atoms with Crippen LogP contribution in [0.3, 0.4) is 0 Å². The molecule has 0 amide bonds. The van der Waals surface area contributed by atoms with E-state index in [0.29, 0.717) is 0 Å². The molecule has 0 bridgehead atoms. The van der Waals surface area contributed by atoms with Gasteiger partial charge in [-0.3, -0.25) is 0 Å². The zero-order valence-electron chi connectivity index (χ0n) is 7.69. The summed E-state index contributed by atoms with van der Waals surface area (Å²) in [5.41, 5.74) is 0. The van der Waals surface area contributed by atoms with Crippen molar-refractivity contribution in [1.82, 2.24) is 0 Å². The first-order valence-corrected chi connectivity index (χ1v) is 29.7. The summed E-state index contributed by atoms with van der Waals surface area (Å²) in [6.07, 6.45) is 1.52. The van der Waals surface area contributed by atoms with Crippen molar-refractivity contribution in [2.45, 2.75) is 35.2 Å². The van der Waals surface area contributed by atoms with E-state index in [1.807, 2.05) is 0 Å². The van der Waals surface area contributed by atoms with Crippen molar-refractivity contribution < 1.29 is 0 Å². The average Bonchev–Trinajstić information content (AvgIpc) is 1.55. The van der Waals surface area contributed by atoms with Gasteiger partial charge in [-0.1, -0.05) is 0 Å². The van der Waals surface area contributed by atoms with Gasteiger partial charge in [-0.05, 0) is 0 Å². The minimum absolute atomic E-state index is 1.23. The van der Waals surface area contributed by atoms with Gasteiger partial charge in [0.25, 0.3) is 0 Å². The van der Waals surface area contributed by atoms with Crippen LogP contribution in [0, 0.1) is 0 Å². The van der Waals surface area contributed by atoms with Crippen molar-refractivity contribution in [3.8, 4) is 0 Å². The molecule has 0 fully saturated rings. The van der Waals surface area contributed by atoms with Crippen LogP contribution in [-0.2, 0) is 0 Å². The molecular formula is C7H18I2Te2. The molecule has 11 heavy (non-hydrogen) atoms. The summed E-state index contributed by atoms with van der Waals surface area (Å²) in [4.78, 5) is 10.0. The van der Waals surface area contributed by atoms with Crippen LogP contribution in [0.1, 0.15) is 6.42 Å². The fourth-order valence-corrected chi connectivity index (χ4v) is 11.4. The molecule has 0 saturated carbocycles. The van der Waals surface area contributed by atoms with E-state index < -0.39 is 28.5 Å². The Hall–Kier alpha value is 3.04. The molecule has 0 heterocycles. The van der Waals surface area contributed by atoms with Crippen LogP contribution >= 0.6 is 37.4 Å². The fourth-order valence-electron chi connectivity index (χ4n) is 0.745. The quantitative estimate of drug-likeness (QED) is 0.321. The second kappa shape index (κ2) is 5.81. The third kappa shape index (κ3) is 13.0. The van der Waals surface area contributed by atoms with E-state index in [9.17, 15) is 0 Å². The summed E-state index contributed by atoms with van der Waals surface area (Å²) in [6.45, 7) is 0. The zero-order chi connectivity index (χ0) is 9.12. The predicted octanol–water partition coefficient (Wildman–Crippen LogP) is 4.66. The Bertz CT molecular complexity index is 98.6. The minimum atomic E-state index is -1.23. The van der Waals surface area contributed by atoms with E-state index in [-0.39, 0.29) is 0 Å². The van der Waals surface area contributed by atoms with Crippen LogP contribution in [0.2, 0.25) is 28.8 Å². The van der Waals surface area contributed by atoms with E-state index in [4.69, 9.17) is 0 Å². The van der Waals surface area contributed by atoms with Crippen LogP contribution in [-0.4, -0.2) is 28.5 Å². The molecule has 0 aliphatic carbocycles. The Kier molecular flexibility index (Phi) is 7.41. The van der Waals surface area contributed by atoms with Gasteiger partial charge in [0.15, 0.2) is 0 Å². The molecule has 0 nitrogen and oxygen atoms in total. The molecule has 4 heteroatoms. The third-order valence-electron chi connectivity index (χ3n) is 1.26. The van der Waals surface area contributed by atoms with Crippen LogP contribution in [0.5, 0.6) is 0 Å². The van der Waals surface area contributed by atoms with Crippen LogP contribution in [0.4, 0.5) is 0 Å². The summed E-state index contributed by atoms with van der Waals surface area (Å²) in [6, 6.07) is 0. The Morgan fingerprint density at radius 1 is 0.818 bits per heavy atom. The number of hydrogen-bond acceptors (Lipinski definition) is 0. The first kappa shape index (κ1) is 14.0. The second-order valence-electron chi connectivity index (χ2n) is 3.57. The Labute approximate surface area is 98.8 Å². The van der Waals surface area contributed by atoms with Crippen molar-refractivity contribution in [2.75, 3.05) is 0 Å². The maximum atomic E-state index is 2.74. The van der Waals surface area contributed by atoms with Gasteiger partial charge in [-0.15, -0.1) is 0 Å². The summed E-state index contributed by atoms with van der Waals surface area (Å²) < 4.78 is 3.14. The van der Waals surface area contributed by atoms with Gasteiger partial charge in [0, 0.05) is 0 Å². The molecule has 0 spiro atoms. The van der Waals surface area contributed by atoms with Crippen molar-refractivity contribution in [3.05, 3.63) is 0 Å². The van der Waals surface area contributed by atoms with Crippen molar-refractivity contribution in [1.29, 1.82) is 0 Å². The molecule has 0 aromatic heterocycles. The van der Waals surface area contributed by atoms with Gasteiger partial charge in [-0.25, -0.2) is 0 Å². The van der Waals surface area contributed by atoms with E-state index >= 15 is 0 Å². The van der Waals surface area contributed by atoms with E-state index in [1.54, 1.807) is 8.94 Å². The molecule has 0 aromatic carbocycles. The van der Waals surface area contributed by atoms with Gasteiger partial charge in [0.05, 0.1) is 0 Å². The van der Waals surface area contributed by atoms with Gasteiger partial charge in [0.2, 0.25) is 0 Å². The average molecular weight is 611 g/mol. The summed E-state index contributed by atoms with van der Waals surface area (Å²) >= 11 is 3.01. The van der Waals surface area contributed by atoms with Crippen molar-refractivity contribution in [3.63, 3.8) is 0 Å². The molecule has 0 radical (unpaired) electrons. The standard InChI is InChI=1S/C7H18I2Te2/c1-10(2,8)6-5-7-11(3,4)9/h5-7H2,1-4H3. The van der Waals surface area contributed by atoms with Gasteiger partial charge >= 0.3 is 101 Å². The molecule has 0 aliphatic heterocycles. The van der Waals surface area contributed by atoms with E-state index in [2.05, 4.69) is 57.3 Å². The second-order valence-corrected chi connectivity index (χ2v) is 53.9. The molecule has 0 rings (SSSR count). The van der Waals surface area contributed by atoms with Crippen LogP contribution in [0.15, 0.2) is 0 Å². The van der Waals surface area contributed by atoms with Gasteiger partial charge in [-0.2, -0.15) is 0 Å². The number of halogens is 2.